The largest absolute Gasteiger partial charge is 0.341 e. The smallest absolute Gasteiger partial charge is 0.225 e. The summed E-state index contributed by atoms with van der Waals surface area (Å²) >= 11 is 0. The van der Waals surface area contributed by atoms with E-state index < -0.39 is 0 Å². The molecule has 0 saturated heterocycles. The second-order valence-electron chi connectivity index (χ2n) is 5.99. The van der Waals surface area contributed by atoms with Crippen LogP contribution in [0.1, 0.15) is 45.4 Å². The Kier molecular flexibility index (Phi) is 5.35. The van der Waals surface area contributed by atoms with Crippen molar-refractivity contribution in [3.05, 3.63) is 17.5 Å². The fraction of sp³-hybridized carbons (Fsp3) is 0.750. The van der Waals surface area contributed by atoms with Crippen molar-refractivity contribution in [2.75, 3.05) is 24.5 Å². The van der Waals surface area contributed by atoms with Gasteiger partial charge in [0, 0.05) is 31.0 Å². The molecule has 0 aliphatic heterocycles. The van der Waals surface area contributed by atoms with Gasteiger partial charge in [0.25, 0.3) is 0 Å². The summed E-state index contributed by atoms with van der Waals surface area (Å²) in [6.07, 6.45) is 5.50. The Balaban J connectivity index is 2.03. The van der Waals surface area contributed by atoms with E-state index in [1.807, 2.05) is 0 Å². The lowest BCUT2D eigenvalue weighted by Crippen LogP contribution is -2.32. The average Bonchev–Trinajstić information content (AvgIpc) is 2.46. The van der Waals surface area contributed by atoms with Crippen LogP contribution in [-0.2, 0) is 12.8 Å². The molecule has 0 radical (unpaired) electrons. The Bertz CT molecular complexity index is 426. The molecule has 1 aliphatic carbocycles. The van der Waals surface area contributed by atoms with Crippen molar-refractivity contribution in [1.29, 1.82) is 0 Å². The molecule has 0 spiro atoms. The molecule has 1 heterocycles. The standard InChI is InChI=1S/C16H28N4/c1-5-20(6-2)16-18-11-14-9-13(10-17-12(3)4)7-8-15(14)19-16/h11-13,17H,5-10H2,1-4H3. The van der Waals surface area contributed by atoms with Crippen molar-refractivity contribution in [3.8, 4) is 0 Å². The fourth-order valence-electron chi connectivity index (χ4n) is 2.81. The number of fused-ring (bicyclic) bond motifs is 1. The van der Waals surface area contributed by atoms with Gasteiger partial charge in [-0.3, -0.25) is 0 Å². The Morgan fingerprint density at radius 3 is 2.75 bits per heavy atom. The molecule has 1 aromatic rings. The Labute approximate surface area is 123 Å². The van der Waals surface area contributed by atoms with Crippen molar-refractivity contribution in [1.82, 2.24) is 15.3 Å². The molecular weight excluding hydrogens is 248 g/mol. The summed E-state index contributed by atoms with van der Waals surface area (Å²) in [5.41, 5.74) is 2.62. The third-order valence-electron chi connectivity index (χ3n) is 4.10. The third kappa shape index (κ3) is 3.69. The van der Waals surface area contributed by atoms with Gasteiger partial charge >= 0.3 is 0 Å². The maximum atomic E-state index is 4.78. The maximum absolute atomic E-state index is 4.78. The van der Waals surface area contributed by atoms with Crippen molar-refractivity contribution < 1.29 is 0 Å². The normalized spacial score (nSPS) is 18.1. The highest BCUT2D eigenvalue weighted by Crippen LogP contribution is 2.24. The molecular formula is C16H28N4. The molecule has 0 aromatic carbocycles. The number of nitrogens with zero attached hydrogens (tertiary/aromatic N) is 3. The number of hydrogen-bond acceptors (Lipinski definition) is 4. The van der Waals surface area contributed by atoms with Crippen LogP contribution in [0.25, 0.3) is 0 Å². The molecule has 4 nitrogen and oxygen atoms in total. The first-order valence-electron chi connectivity index (χ1n) is 7.97. The summed E-state index contributed by atoms with van der Waals surface area (Å²) in [7, 11) is 0. The molecule has 0 bridgehead atoms. The molecule has 20 heavy (non-hydrogen) atoms. The number of nitrogens with one attached hydrogen (secondary N) is 1. The van der Waals surface area contributed by atoms with E-state index in [9.17, 15) is 0 Å². The fourth-order valence-corrected chi connectivity index (χ4v) is 2.81. The second kappa shape index (κ2) is 7.02. The molecule has 1 atom stereocenters. The summed E-state index contributed by atoms with van der Waals surface area (Å²) in [6, 6.07) is 0.567. The lowest BCUT2D eigenvalue weighted by molar-refractivity contribution is 0.402. The first-order valence-corrected chi connectivity index (χ1v) is 7.97. The van der Waals surface area contributed by atoms with Gasteiger partial charge in [0.15, 0.2) is 0 Å². The molecule has 0 amide bonds. The molecule has 1 unspecified atom stereocenters. The molecule has 2 rings (SSSR count). The zero-order valence-corrected chi connectivity index (χ0v) is 13.3. The lowest BCUT2D eigenvalue weighted by Gasteiger charge is -2.26. The van der Waals surface area contributed by atoms with E-state index in [0.717, 1.165) is 44.3 Å². The minimum atomic E-state index is 0.567. The minimum Gasteiger partial charge on any atom is -0.341 e. The van der Waals surface area contributed by atoms with Crippen LogP contribution in [0.4, 0.5) is 5.95 Å². The van der Waals surface area contributed by atoms with Gasteiger partial charge in [-0.25, -0.2) is 9.97 Å². The van der Waals surface area contributed by atoms with Crippen molar-refractivity contribution in [2.45, 2.75) is 53.0 Å². The Morgan fingerprint density at radius 1 is 1.35 bits per heavy atom. The number of anilines is 1. The quantitative estimate of drug-likeness (QED) is 0.866. The van der Waals surface area contributed by atoms with E-state index in [4.69, 9.17) is 4.98 Å². The van der Waals surface area contributed by atoms with Gasteiger partial charge < -0.3 is 10.2 Å². The van der Waals surface area contributed by atoms with Gasteiger partial charge in [-0.15, -0.1) is 0 Å². The highest BCUT2D eigenvalue weighted by molar-refractivity contribution is 5.34. The van der Waals surface area contributed by atoms with Crippen LogP contribution in [0.2, 0.25) is 0 Å². The topological polar surface area (TPSA) is 41.1 Å². The molecule has 1 aromatic heterocycles. The van der Waals surface area contributed by atoms with Crippen LogP contribution in [0, 0.1) is 5.92 Å². The maximum Gasteiger partial charge on any atom is 0.225 e. The minimum absolute atomic E-state index is 0.567. The lowest BCUT2D eigenvalue weighted by atomic mass is 9.87. The van der Waals surface area contributed by atoms with Crippen LogP contribution in [-0.4, -0.2) is 35.6 Å². The summed E-state index contributed by atoms with van der Waals surface area (Å²) in [6.45, 7) is 11.8. The first kappa shape index (κ1) is 15.2. The Morgan fingerprint density at radius 2 is 2.10 bits per heavy atom. The predicted octanol–water partition coefficient (Wildman–Crippen LogP) is 2.43. The van der Waals surface area contributed by atoms with Gasteiger partial charge in [-0.05, 0) is 51.1 Å². The van der Waals surface area contributed by atoms with E-state index in [1.165, 1.54) is 17.7 Å². The zero-order chi connectivity index (χ0) is 14.5. The predicted molar refractivity (Wildman–Crippen MR) is 84.2 cm³/mol. The summed E-state index contributed by atoms with van der Waals surface area (Å²) in [5, 5.41) is 3.54. The van der Waals surface area contributed by atoms with Crippen LogP contribution >= 0.6 is 0 Å². The third-order valence-corrected chi connectivity index (χ3v) is 4.10. The molecule has 112 valence electrons. The van der Waals surface area contributed by atoms with Gasteiger partial charge in [0.1, 0.15) is 0 Å². The summed E-state index contributed by atoms with van der Waals surface area (Å²) in [5.74, 6) is 1.63. The van der Waals surface area contributed by atoms with E-state index in [2.05, 4.69) is 49.1 Å². The first-order chi connectivity index (χ1) is 9.63. The van der Waals surface area contributed by atoms with Crippen LogP contribution in [0.3, 0.4) is 0 Å². The van der Waals surface area contributed by atoms with Gasteiger partial charge in [-0.1, -0.05) is 13.8 Å². The van der Waals surface area contributed by atoms with E-state index in [0.29, 0.717) is 6.04 Å². The average molecular weight is 276 g/mol. The van der Waals surface area contributed by atoms with E-state index >= 15 is 0 Å². The van der Waals surface area contributed by atoms with Crippen LogP contribution in [0.5, 0.6) is 0 Å². The monoisotopic (exact) mass is 276 g/mol. The van der Waals surface area contributed by atoms with Crippen LogP contribution < -0.4 is 10.2 Å². The number of rotatable bonds is 6. The number of aromatic nitrogens is 2. The van der Waals surface area contributed by atoms with Gasteiger partial charge in [-0.2, -0.15) is 0 Å². The molecule has 0 saturated carbocycles. The molecule has 1 N–H and O–H groups in total. The molecule has 1 aliphatic rings. The zero-order valence-electron chi connectivity index (χ0n) is 13.3. The van der Waals surface area contributed by atoms with Crippen LogP contribution in [0.15, 0.2) is 6.20 Å². The Hall–Kier alpha value is -1.16. The van der Waals surface area contributed by atoms with Crippen molar-refractivity contribution in [3.63, 3.8) is 0 Å². The number of aryl methyl sites for hydroxylation is 1. The molecule has 4 heteroatoms. The van der Waals surface area contributed by atoms with E-state index in [-0.39, 0.29) is 0 Å². The molecule has 0 fully saturated rings. The number of hydrogen-bond donors (Lipinski definition) is 1. The summed E-state index contributed by atoms with van der Waals surface area (Å²) in [4.78, 5) is 11.6. The van der Waals surface area contributed by atoms with Gasteiger partial charge in [0.2, 0.25) is 5.95 Å². The summed E-state index contributed by atoms with van der Waals surface area (Å²) < 4.78 is 0. The SMILES string of the molecule is CCN(CC)c1ncc2c(n1)CCC(CNC(C)C)C2. The highest BCUT2D eigenvalue weighted by atomic mass is 15.2. The highest BCUT2D eigenvalue weighted by Gasteiger charge is 2.21. The van der Waals surface area contributed by atoms with Crippen molar-refractivity contribution in [2.24, 2.45) is 5.92 Å². The van der Waals surface area contributed by atoms with Crippen molar-refractivity contribution >= 4 is 5.95 Å². The second-order valence-corrected chi connectivity index (χ2v) is 5.99. The van der Waals surface area contributed by atoms with E-state index in [1.54, 1.807) is 0 Å². The van der Waals surface area contributed by atoms with Gasteiger partial charge in [0.05, 0.1) is 0 Å².